The van der Waals surface area contributed by atoms with Gasteiger partial charge in [0.1, 0.15) is 0 Å². The number of carbonyl (C=O) groups excluding carboxylic acids is 5. The van der Waals surface area contributed by atoms with Crippen molar-refractivity contribution in [2.24, 2.45) is 0 Å². The van der Waals surface area contributed by atoms with E-state index in [4.69, 9.17) is 0 Å². The number of hydrogen-bond acceptors (Lipinski definition) is 10. The van der Waals surface area contributed by atoms with Crippen molar-refractivity contribution >= 4 is 83.7 Å². The predicted molar refractivity (Wildman–Crippen MR) is 241 cm³/mol. The second-order valence-corrected chi connectivity index (χ2v) is 14.1. The van der Waals surface area contributed by atoms with Crippen LogP contribution in [-0.4, -0.2) is 29.8 Å². The van der Waals surface area contributed by atoms with Gasteiger partial charge in [0, 0.05) is 27.8 Å². The summed E-state index contributed by atoms with van der Waals surface area (Å²) in [5.41, 5.74) is 1.24. The Hall–Kier alpha value is -8.41. The number of carbonyl (C=O) groups is 5. The molecule has 66 heavy (non-hydrogen) atoms. The molecule has 0 bridgehead atoms. The minimum atomic E-state index is -1.13. The number of rotatable bonds is 5. The summed E-state index contributed by atoms with van der Waals surface area (Å²) in [6, 6.07) is 62.5. The van der Waals surface area contributed by atoms with Gasteiger partial charge in [-0.25, -0.2) is 0 Å². The number of hydrogen-bond donors (Lipinski definition) is 0. The topological polar surface area (TPSA) is 201 Å². The molecule has 320 valence electrons. The Labute approximate surface area is 393 Å². The molecule has 0 saturated carbocycles. The van der Waals surface area contributed by atoms with Crippen LogP contribution < -0.4 is 25.5 Å². The second kappa shape index (κ2) is 23.3. The van der Waals surface area contributed by atoms with Crippen LogP contribution in [0.3, 0.4) is 0 Å². The van der Waals surface area contributed by atoms with Gasteiger partial charge in [0.15, 0.2) is 0 Å². The van der Waals surface area contributed by atoms with Crippen LogP contribution in [-0.2, 0) is 22.4 Å². The van der Waals surface area contributed by atoms with Crippen molar-refractivity contribution in [3.8, 4) is 0 Å². The Morgan fingerprint density at radius 1 is 0.212 bits per heavy atom. The molecule has 10 aromatic carbocycles. The molecule has 10 rings (SSSR count). The largest absolute Gasteiger partial charge is 5.00 e. The second-order valence-electron chi connectivity index (χ2n) is 14.1. The average molecular weight is 949 g/mol. The summed E-state index contributed by atoms with van der Waals surface area (Å²) in [6.45, 7) is 0. The molecule has 10 nitrogen and oxygen atoms in total. The van der Waals surface area contributed by atoms with Gasteiger partial charge in [-0.2, -0.15) is 0 Å². The molecule has 0 aliphatic carbocycles. The molecule has 0 unspecified atom stereocenters. The van der Waals surface area contributed by atoms with Crippen molar-refractivity contribution in [1.82, 2.24) is 0 Å². The van der Waals surface area contributed by atoms with Crippen LogP contribution in [0.25, 0.3) is 53.9 Å². The molecule has 0 N–H and O–H groups in total. The van der Waals surface area contributed by atoms with Crippen LogP contribution in [0, 0.1) is 0 Å². The van der Waals surface area contributed by atoms with Gasteiger partial charge in [-0.15, -0.1) is 0 Å². The molecule has 0 radical (unpaired) electrons. The number of carboxylic acids is 5. The molecular formula is C55H35NbO10. The minimum absolute atomic E-state index is 0. The molecule has 0 aliphatic heterocycles. The van der Waals surface area contributed by atoms with Crippen LogP contribution in [0.1, 0.15) is 51.8 Å². The van der Waals surface area contributed by atoms with Gasteiger partial charge in [0.25, 0.3) is 0 Å². The minimum Gasteiger partial charge on any atom is -0.545 e. The molecule has 11 heteroatoms. The maximum Gasteiger partial charge on any atom is 5.00 e. The summed E-state index contributed by atoms with van der Waals surface area (Å²) < 4.78 is 0. The molecule has 0 aliphatic rings. The zero-order valence-corrected chi connectivity index (χ0v) is 36.9. The first-order valence-electron chi connectivity index (χ1n) is 19.9. The first-order valence-corrected chi connectivity index (χ1v) is 19.9. The number of benzene rings is 10. The fourth-order valence-electron chi connectivity index (χ4n) is 7.02. The SMILES string of the molecule is O=C([O-])c1cccc2ccccc12.O=C([O-])c1cccc2ccccc12.O=C([O-])c1cccc2ccccc12.O=C([O-])c1cccc2ccccc12.O=C([O-])c1cccc2ccccc12.[Nb+5]. The summed E-state index contributed by atoms with van der Waals surface area (Å²) >= 11 is 0. The molecular weight excluding hydrogens is 914 g/mol. The molecule has 0 spiro atoms. The van der Waals surface area contributed by atoms with Crippen molar-refractivity contribution < 1.29 is 71.9 Å². The normalized spacial score (nSPS) is 10.0. The Kier molecular flexibility index (Phi) is 17.2. The van der Waals surface area contributed by atoms with Gasteiger partial charge in [-0.05, 0) is 53.9 Å². The fourth-order valence-corrected chi connectivity index (χ4v) is 7.02. The summed E-state index contributed by atoms with van der Waals surface area (Å²) in [5, 5.41) is 61.8. The Bertz CT molecular complexity index is 2800. The van der Waals surface area contributed by atoms with E-state index in [1.54, 1.807) is 91.0 Å². The third-order valence-corrected chi connectivity index (χ3v) is 10.0. The first kappa shape index (κ1) is 48.6. The van der Waals surface area contributed by atoms with Gasteiger partial charge in [0.05, 0.1) is 29.8 Å². The van der Waals surface area contributed by atoms with Crippen LogP contribution >= 0.6 is 0 Å². The quantitative estimate of drug-likeness (QED) is 0.184. The van der Waals surface area contributed by atoms with E-state index in [0.717, 1.165) is 53.9 Å². The summed E-state index contributed by atoms with van der Waals surface area (Å²) in [5.74, 6) is -5.64. The van der Waals surface area contributed by atoms with Crippen LogP contribution in [0.5, 0.6) is 0 Å². The zero-order chi connectivity index (χ0) is 46.3. The van der Waals surface area contributed by atoms with Crippen molar-refractivity contribution in [3.05, 3.63) is 240 Å². The van der Waals surface area contributed by atoms with Crippen molar-refractivity contribution in [2.45, 2.75) is 0 Å². The van der Waals surface area contributed by atoms with Gasteiger partial charge in [0.2, 0.25) is 0 Å². The van der Waals surface area contributed by atoms with Gasteiger partial charge >= 0.3 is 22.4 Å². The molecule has 0 fully saturated rings. The Morgan fingerprint density at radius 2 is 0.348 bits per heavy atom. The molecule has 10 aromatic rings. The third kappa shape index (κ3) is 12.2. The van der Waals surface area contributed by atoms with E-state index in [1.807, 2.05) is 121 Å². The summed E-state index contributed by atoms with van der Waals surface area (Å²) in [4.78, 5) is 53.5. The maximum absolute atomic E-state index is 10.7. The van der Waals surface area contributed by atoms with Crippen LogP contribution in [0.15, 0.2) is 212 Å². The average Bonchev–Trinajstić information content (AvgIpc) is 3.33. The predicted octanol–water partition coefficient (Wildman–Crippen LogP) is 6.01. The smallest absolute Gasteiger partial charge is 0.545 e. The van der Waals surface area contributed by atoms with E-state index < -0.39 is 29.8 Å². The van der Waals surface area contributed by atoms with Crippen molar-refractivity contribution in [2.75, 3.05) is 0 Å². The van der Waals surface area contributed by atoms with Crippen LogP contribution in [0.2, 0.25) is 0 Å². The molecule has 0 aromatic heterocycles. The van der Waals surface area contributed by atoms with Crippen molar-refractivity contribution in [3.63, 3.8) is 0 Å². The van der Waals surface area contributed by atoms with E-state index in [2.05, 4.69) is 0 Å². The molecule has 0 amide bonds. The van der Waals surface area contributed by atoms with Gasteiger partial charge in [-0.1, -0.05) is 212 Å². The first-order chi connectivity index (χ1) is 31.4. The van der Waals surface area contributed by atoms with Crippen LogP contribution in [0.4, 0.5) is 0 Å². The van der Waals surface area contributed by atoms with E-state index in [0.29, 0.717) is 0 Å². The Balaban J connectivity index is 0.000000154. The monoisotopic (exact) mass is 948 g/mol. The van der Waals surface area contributed by atoms with Gasteiger partial charge < -0.3 is 49.5 Å². The number of carboxylic acid groups (broad SMARTS) is 5. The van der Waals surface area contributed by atoms with E-state index in [-0.39, 0.29) is 50.2 Å². The van der Waals surface area contributed by atoms with Gasteiger partial charge in [-0.3, -0.25) is 0 Å². The zero-order valence-electron chi connectivity index (χ0n) is 34.7. The molecule has 0 saturated heterocycles. The molecule has 0 heterocycles. The summed E-state index contributed by atoms with van der Waals surface area (Å²) in [6.07, 6.45) is 0. The molecule has 0 atom stereocenters. The van der Waals surface area contributed by atoms with Crippen molar-refractivity contribution in [1.29, 1.82) is 0 Å². The Morgan fingerprint density at radius 3 is 0.500 bits per heavy atom. The third-order valence-electron chi connectivity index (χ3n) is 10.0. The standard InChI is InChI=1S/5C11H8O2.Nb/c5*12-11(13)10-7-3-5-8-4-1-2-6-9(8)10;/h5*1-7H,(H,12,13);/q;;;;;+5/p-5. The number of aromatic carboxylic acids is 5. The number of fused-ring (bicyclic) bond motifs is 5. The maximum atomic E-state index is 10.7. The van der Waals surface area contributed by atoms with E-state index >= 15 is 0 Å². The summed E-state index contributed by atoms with van der Waals surface area (Å²) in [7, 11) is 0. The van der Waals surface area contributed by atoms with E-state index in [1.165, 1.54) is 0 Å². The fraction of sp³-hybridized carbons (Fsp3) is 0. The van der Waals surface area contributed by atoms with E-state index in [9.17, 15) is 49.5 Å².